The van der Waals surface area contributed by atoms with Gasteiger partial charge in [0.05, 0.1) is 25.6 Å². The van der Waals surface area contributed by atoms with E-state index in [1.54, 1.807) is 10.9 Å². The Labute approximate surface area is 136 Å². The molecule has 0 aliphatic carbocycles. The Morgan fingerprint density at radius 1 is 1.26 bits per heavy atom. The molecule has 0 saturated heterocycles. The van der Waals surface area contributed by atoms with E-state index in [9.17, 15) is 5.11 Å². The van der Waals surface area contributed by atoms with Gasteiger partial charge in [-0.2, -0.15) is 0 Å². The molecule has 7 nitrogen and oxygen atoms in total. The van der Waals surface area contributed by atoms with E-state index in [1.165, 1.54) is 25.6 Å². The molecular formula is C16H27N5O2. The highest BCUT2D eigenvalue weighted by atomic mass is 16.5. The molecule has 23 heavy (non-hydrogen) atoms. The monoisotopic (exact) mass is 321 g/mol. The van der Waals surface area contributed by atoms with E-state index in [-0.39, 0.29) is 0 Å². The van der Waals surface area contributed by atoms with Crippen molar-refractivity contribution in [1.82, 2.24) is 19.5 Å². The van der Waals surface area contributed by atoms with Crippen molar-refractivity contribution in [2.45, 2.75) is 52.2 Å². The maximum atomic E-state index is 10.2. The lowest BCUT2D eigenvalue weighted by atomic mass is 10.0. The largest absolute Gasteiger partial charge is 0.389 e. The van der Waals surface area contributed by atoms with E-state index in [4.69, 9.17) is 10.5 Å². The highest BCUT2D eigenvalue weighted by Crippen LogP contribution is 2.15. The molecule has 2 aromatic heterocycles. The molecule has 0 aliphatic rings. The maximum Gasteiger partial charge on any atom is 0.165 e. The fourth-order valence-electron chi connectivity index (χ4n) is 2.58. The van der Waals surface area contributed by atoms with Gasteiger partial charge in [0, 0.05) is 6.61 Å². The van der Waals surface area contributed by atoms with E-state index in [0.717, 1.165) is 6.42 Å². The van der Waals surface area contributed by atoms with Crippen LogP contribution in [0, 0.1) is 5.92 Å². The lowest BCUT2D eigenvalue weighted by molar-refractivity contribution is 0.0122. The van der Waals surface area contributed by atoms with E-state index in [1.807, 2.05) is 0 Å². The quantitative estimate of drug-likeness (QED) is 0.694. The van der Waals surface area contributed by atoms with Gasteiger partial charge in [0.25, 0.3) is 0 Å². The number of imidazole rings is 1. The van der Waals surface area contributed by atoms with Gasteiger partial charge >= 0.3 is 0 Å². The van der Waals surface area contributed by atoms with Crippen LogP contribution in [-0.2, 0) is 11.3 Å². The van der Waals surface area contributed by atoms with Crippen LogP contribution < -0.4 is 5.73 Å². The molecule has 2 rings (SSSR count). The molecule has 2 aromatic rings. The molecule has 0 radical (unpaired) electrons. The van der Waals surface area contributed by atoms with Crippen molar-refractivity contribution in [3.63, 3.8) is 0 Å². The van der Waals surface area contributed by atoms with Crippen LogP contribution in [0.2, 0.25) is 0 Å². The first-order valence-corrected chi connectivity index (χ1v) is 8.32. The second kappa shape index (κ2) is 8.79. The van der Waals surface area contributed by atoms with Crippen molar-refractivity contribution in [3.8, 4) is 0 Å². The van der Waals surface area contributed by atoms with Crippen LogP contribution in [0.4, 0.5) is 5.82 Å². The van der Waals surface area contributed by atoms with Gasteiger partial charge in [-0.1, -0.05) is 33.1 Å². The van der Waals surface area contributed by atoms with Crippen LogP contribution >= 0.6 is 0 Å². The van der Waals surface area contributed by atoms with Gasteiger partial charge in [0.2, 0.25) is 0 Å². The number of rotatable bonds is 10. The number of ether oxygens (including phenoxy) is 1. The Bertz CT molecular complexity index is 601. The third-order valence-electron chi connectivity index (χ3n) is 4.04. The summed E-state index contributed by atoms with van der Waals surface area (Å²) in [6.07, 6.45) is 7.15. The van der Waals surface area contributed by atoms with Crippen LogP contribution in [0.3, 0.4) is 0 Å². The maximum absolute atomic E-state index is 10.2. The SMILES string of the molecule is CCCC[C@H](CC)COC[C@H](O)Cn1cnc2c(N)ncnc21. The number of nitrogen functional groups attached to an aromatic ring is 1. The second-order valence-electron chi connectivity index (χ2n) is 5.94. The zero-order chi connectivity index (χ0) is 16.7. The van der Waals surface area contributed by atoms with Crippen LogP contribution in [0.25, 0.3) is 11.2 Å². The molecular weight excluding hydrogens is 294 g/mol. The number of anilines is 1. The van der Waals surface area contributed by atoms with Gasteiger partial charge in [-0.15, -0.1) is 0 Å². The minimum absolute atomic E-state index is 0.308. The number of hydrogen-bond acceptors (Lipinski definition) is 6. The third kappa shape index (κ3) is 4.87. The molecule has 0 bridgehead atoms. The standard InChI is InChI=1S/C16H27N5O2/c1-3-5-6-12(4-2)8-23-9-13(22)7-21-11-20-14-15(17)18-10-19-16(14)21/h10-13,22H,3-9H2,1-2H3,(H2,17,18,19)/t12-,13+/m0/s1. The molecule has 3 N–H and O–H groups in total. The topological polar surface area (TPSA) is 99.1 Å². The lowest BCUT2D eigenvalue weighted by Gasteiger charge is -2.17. The summed E-state index contributed by atoms with van der Waals surface area (Å²) in [6.45, 7) is 5.76. The Hall–Kier alpha value is -1.73. The van der Waals surface area contributed by atoms with Crippen molar-refractivity contribution in [2.75, 3.05) is 18.9 Å². The fraction of sp³-hybridized carbons (Fsp3) is 0.688. The highest BCUT2D eigenvalue weighted by Gasteiger charge is 2.13. The fourth-order valence-corrected chi connectivity index (χ4v) is 2.58. The van der Waals surface area contributed by atoms with Gasteiger partial charge in [-0.3, -0.25) is 0 Å². The number of aliphatic hydroxyl groups excluding tert-OH is 1. The molecule has 7 heteroatoms. The summed E-state index contributed by atoms with van der Waals surface area (Å²) in [4.78, 5) is 12.3. The Morgan fingerprint density at radius 3 is 2.83 bits per heavy atom. The van der Waals surface area contributed by atoms with E-state index < -0.39 is 6.10 Å². The predicted octanol–water partition coefficient (Wildman–Crippen LogP) is 2.00. The van der Waals surface area contributed by atoms with Crippen LogP contribution in [-0.4, -0.2) is 43.9 Å². The van der Waals surface area contributed by atoms with Gasteiger partial charge in [-0.05, 0) is 12.3 Å². The number of aliphatic hydroxyl groups is 1. The molecule has 0 spiro atoms. The molecule has 128 valence electrons. The lowest BCUT2D eigenvalue weighted by Crippen LogP contribution is -2.23. The number of nitrogens with two attached hydrogens (primary N) is 1. The zero-order valence-corrected chi connectivity index (χ0v) is 14.0. The van der Waals surface area contributed by atoms with Crippen LogP contribution in [0.5, 0.6) is 0 Å². The minimum Gasteiger partial charge on any atom is -0.389 e. The Balaban J connectivity index is 1.82. The molecule has 0 saturated carbocycles. The molecule has 0 fully saturated rings. The number of unbranched alkanes of at least 4 members (excludes halogenated alkanes) is 1. The van der Waals surface area contributed by atoms with Crippen molar-refractivity contribution in [3.05, 3.63) is 12.7 Å². The summed E-state index contributed by atoms with van der Waals surface area (Å²) in [5.41, 5.74) is 6.95. The minimum atomic E-state index is -0.604. The number of aromatic nitrogens is 4. The summed E-state index contributed by atoms with van der Waals surface area (Å²) in [5, 5.41) is 10.2. The van der Waals surface area contributed by atoms with E-state index >= 15 is 0 Å². The van der Waals surface area contributed by atoms with E-state index in [2.05, 4.69) is 28.8 Å². The van der Waals surface area contributed by atoms with Crippen molar-refractivity contribution >= 4 is 17.0 Å². The zero-order valence-electron chi connectivity index (χ0n) is 14.0. The smallest absolute Gasteiger partial charge is 0.165 e. The summed E-state index contributed by atoms with van der Waals surface area (Å²) >= 11 is 0. The number of fused-ring (bicyclic) bond motifs is 1. The number of hydrogen-bond donors (Lipinski definition) is 2. The molecule has 0 amide bonds. The molecule has 0 aromatic carbocycles. The second-order valence-corrected chi connectivity index (χ2v) is 5.94. The average molecular weight is 321 g/mol. The van der Waals surface area contributed by atoms with Crippen LogP contribution in [0.1, 0.15) is 39.5 Å². The van der Waals surface area contributed by atoms with Gasteiger partial charge in [0.1, 0.15) is 11.8 Å². The summed E-state index contributed by atoms with van der Waals surface area (Å²) in [6, 6.07) is 0. The summed E-state index contributed by atoms with van der Waals surface area (Å²) in [7, 11) is 0. The van der Waals surface area contributed by atoms with Crippen LogP contribution in [0.15, 0.2) is 12.7 Å². The Kier molecular flexibility index (Phi) is 6.73. The average Bonchev–Trinajstić information content (AvgIpc) is 2.95. The highest BCUT2D eigenvalue weighted by molar-refractivity contribution is 5.81. The van der Waals surface area contributed by atoms with E-state index in [0.29, 0.717) is 42.7 Å². The van der Waals surface area contributed by atoms with Gasteiger partial charge < -0.3 is 20.1 Å². The molecule has 2 heterocycles. The summed E-state index contributed by atoms with van der Waals surface area (Å²) < 4.78 is 7.46. The molecule has 0 unspecified atom stereocenters. The van der Waals surface area contributed by atoms with Crippen molar-refractivity contribution < 1.29 is 9.84 Å². The first-order valence-electron chi connectivity index (χ1n) is 8.32. The predicted molar refractivity (Wildman–Crippen MR) is 89.9 cm³/mol. The first-order chi connectivity index (χ1) is 11.2. The first kappa shape index (κ1) is 17.6. The summed E-state index contributed by atoms with van der Waals surface area (Å²) in [5.74, 6) is 0.921. The van der Waals surface area contributed by atoms with Gasteiger partial charge in [-0.25, -0.2) is 15.0 Å². The van der Waals surface area contributed by atoms with Crippen molar-refractivity contribution in [1.29, 1.82) is 0 Å². The third-order valence-corrected chi connectivity index (χ3v) is 4.04. The van der Waals surface area contributed by atoms with Gasteiger partial charge in [0.15, 0.2) is 11.5 Å². The Morgan fingerprint density at radius 2 is 2.09 bits per heavy atom. The molecule has 0 aliphatic heterocycles. The molecule has 2 atom stereocenters. The number of nitrogens with zero attached hydrogens (tertiary/aromatic N) is 4. The van der Waals surface area contributed by atoms with Crippen molar-refractivity contribution in [2.24, 2.45) is 5.92 Å². The normalized spacial score (nSPS) is 14.2.